The van der Waals surface area contributed by atoms with E-state index in [1.165, 1.54) is 10.4 Å². The number of benzene rings is 1. The van der Waals surface area contributed by atoms with Crippen molar-refractivity contribution < 1.29 is 0 Å². The Morgan fingerprint density at radius 1 is 1.10 bits per heavy atom. The fourth-order valence-corrected chi connectivity index (χ4v) is 1.01. The Balaban J connectivity index is 2.84. The topological polar surface area (TPSA) is 12.0 Å². The van der Waals surface area contributed by atoms with Gasteiger partial charge in [0.2, 0.25) is 0 Å². The summed E-state index contributed by atoms with van der Waals surface area (Å²) in [4.78, 5) is 0. The maximum atomic E-state index is 2.91. The number of rotatable bonds is 0. The molecule has 0 amide bonds. The Hall–Kier alpha value is -1.24. The van der Waals surface area contributed by atoms with E-state index in [1.54, 1.807) is 0 Å². The van der Waals surface area contributed by atoms with Gasteiger partial charge < -0.3 is 5.32 Å². The van der Waals surface area contributed by atoms with Crippen molar-refractivity contribution in [2.45, 2.75) is 0 Å². The molecular formula is C9H7N. The van der Waals surface area contributed by atoms with Crippen LogP contribution >= 0.6 is 0 Å². The third-order valence-corrected chi connectivity index (χ3v) is 1.53. The second-order valence-corrected chi connectivity index (χ2v) is 2.21. The first-order valence-corrected chi connectivity index (χ1v) is 3.23. The minimum Gasteiger partial charge on any atom is -0.377 e. The number of fused-ring (bicyclic) bond motifs is 1. The average molecular weight is 129 g/mol. The Morgan fingerprint density at radius 3 is 2.70 bits per heavy atom. The van der Waals surface area contributed by atoms with Gasteiger partial charge >= 0.3 is 0 Å². The molecule has 1 nitrogen and oxygen atoms in total. The molecule has 0 saturated carbocycles. The summed E-state index contributed by atoms with van der Waals surface area (Å²) in [5.41, 5.74) is 0. The summed E-state index contributed by atoms with van der Waals surface area (Å²) in [6, 6.07) is 8.19. The number of hydrogen-bond acceptors (Lipinski definition) is 1. The van der Waals surface area contributed by atoms with Gasteiger partial charge in [0.05, 0.1) is 0 Å². The summed E-state index contributed by atoms with van der Waals surface area (Å²) < 4.78 is 0. The van der Waals surface area contributed by atoms with Crippen molar-refractivity contribution in [3.05, 3.63) is 41.2 Å². The van der Waals surface area contributed by atoms with Gasteiger partial charge in [-0.2, -0.15) is 0 Å². The molecule has 1 aliphatic heterocycles. The highest BCUT2D eigenvalue weighted by atomic mass is 14.8. The Labute approximate surface area is 59.7 Å². The van der Waals surface area contributed by atoms with E-state index in [-0.39, 0.29) is 0 Å². The van der Waals surface area contributed by atoms with Crippen molar-refractivity contribution in [1.82, 2.24) is 5.32 Å². The average Bonchev–Trinajstić information content (AvgIpc) is 2.05. The van der Waals surface area contributed by atoms with E-state index in [0.717, 1.165) is 0 Å². The van der Waals surface area contributed by atoms with Gasteiger partial charge in [-0.25, -0.2) is 0 Å². The third kappa shape index (κ3) is 0.798. The molecule has 0 spiro atoms. The molecule has 1 N–H and O–H groups in total. The molecule has 0 fully saturated rings. The van der Waals surface area contributed by atoms with Gasteiger partial charge in [0.25, 0.3) is 0 Å². The minimum atomic E-state index is 1.22. The van der Waals surface area contributed by atoms with Crippen molar-refractivity contribution in [2.24, 2.45) is 0 Å². The minimum absolute atomic E-state index is 1.22. The third-order valence-electron chi connectivity index (χ3n) is 1.53. The van der Waals surface area contributed by atoms with E-state index in [4.69, 9.17) is 0 Å². The van der Waals surface area contributed by atoms with Gasteiger partial charge in [0.15, 0.2) is 0 Å². The molecule has 2 rings (SSSR count). The lowest BCUT2D eigenvalue weighted by Gasteiger charge is -1.98. The fraction of sp³-hybridized carbons (Fsp3) is 0. The highest BCUT2D eigenvalue weighted by Crippen LogP contribution is 1.78. The molecule has 2 radical (unpaired) electrons. The van der Waals surface area contributed by atoms with E-state index in [0.29, 0.717) is 0 Å². The monoisotopic (exact) mass is 129 g/mol. The van der Waals surface area contributed by atoms with Gasteiger partial charge in [-0.05, 0) is 16.5 Å². The highest BCUT2D eigenvalue weighted by Gasteiger charge is 1.88. The first-order valence-electron chi connectivity index (χ1n) is 3.23. The largest absolute Gasteiger partial charge is 0.377 e. The molecule has 0 aromatic heterocycles. The Kier molecular flexibility index (Phi) is 1.21. The van der Waals surface area contributed by atoms with E-state index in [1.807, 2.05) is 24.4 Å². The molecule has 1 heterocycles. The zero-order chi connectivity index (χ0) is 6.81. The molecule has 0 saturated heterocycles. The van der Waals surface area contributed by atoms with Crippen LogP contribution in [0.5, 0.6) is 0 Å². The Morgan fingerprint density at radius 2 is 1.90 bits per heavy atom. The maximum Gasteiger partial charge on any atom is 0.115 e. The SMILES string of the molecule is [C]1C=c2ccccc2=CN1. The summed E-state index contributed by atoms with van der Waals surface area (Å²) in [5.74, 6) is 0. The van der Waals surface area contributed by atoms with Crippen LogP contribution in [-0.4, -0.2) is 0 Å². The van der Waals surface area contributed by atoms with Crippen LogP contribution in [-0.2, 0) is 0 Å². The van der Waals surface area contributed by atoms with Crippen molar-refractivity contribution in [2.75, 3.05) is 0 Å². The molecule has 10 heavy (non-hydrogen) atoms. The molecule has 1 aliphatic rings. The first kappa shape index (κ1) is 5.54. The lowest BCUT2D eigenvalue weighted by molar-refractivity contribution is 1.17. The quantitative estimate of drug-likeness (QED) is 0.513. The molecular weight excluding hydrogens is 122 g/mol. The second kappa shape index (κ2) is 2.18. The predicted molar refractivity (Wildman–Crippen MR) is 41.0 cm³/mol. The van der Waals surface area contributed by atoms with Crippen LogP contribution in [0.1, 0.15) is 0 Å². The zero-order valence-electron chi connectivity index (χ0n) is 5.46. The van der Waals surface area contributed by atoms with Crippen molar-refractivity contribution >= 4 is 12.3 Å². The van der Waals surface area contributed by atoms with Gasteiger partial charge in [-0.1, -0.05) is 24.3 Å². The number of hydrogen-bond donors (Lipinski definition) is 1. The zero-order valence-corrected chi connectivity index (χ0v) is 5.46. The summed E-state index contributed by atoms with van der Waals surface area (Å²) in [6.07, 6.45) is 3.88. The summed E-state index contributed by atoms with van der Waals surface area (Å²) in [6.45, 7) is 2.91. The van der Waals surface area contributed by atoms with E-state index >= 15 is 0 Å². The van der Waals surface area contributed by atoms with Crippen LogP contribution in [0, 0.1) is 6.54 Å². The lowest BCUT2D eigenvalue weighted by atomic mass is 10.2. The van der Waals surface area contributed by atoms with Crippen LogP contribution in [0.25, 0.3) is 12.3 Å². The van der Waals surface area contributed by atoms with Crippen molar-refractivity contribution in [1.29, 1.82) is 0 Å². The number of nitrogens with one attached hydrogen (secondary N) is 1. The lowest BCUT2D eigenvalue weighted by Crippen LogP contribution is -2.30. The molecule has 0 aliphatic carbocycles. The van der Waals surface area contributed by atoms with E-state index in [2.05, 4.69) is 24.0 Å². The van der Waals surface area contributed by atoms with Gasteiger partial charge in [0, 0.05) is 6.20 Å². The summed E-state index contributed by atoms with van der Waals surface area (Å²) in [7, 11) is 0. The molecule has 0 bridgehead atoms. The van der Waals surface area contributed by atoms with Crippen LogP contribution in [0.4, 0.5) is 0 Å². The normalized spacial score (nSPS) is 14.0. The van der Waals surface area contributed by atoms with Crippen molar-refractivity contribution in [3.63, 3.8) is 0 Å². The van der Waals surface area contributed by atoms with E-state index in [9.17, 15) is 0 Å². The molecule has 1 heteroatoms. The second-order valence-electron chi connectivity index (χ2n) is 2.21. The smallest absolute Gasteiger partial charge is 0.115 e. The van der Waals surface area contributed by atoms with Crippen LogP contribution in [0.3, 0.4) is 0 Å². The van der Waals surface area contributed by atoms with Gasteiger partial charge in [-0.15, -0.1) is 0 Å². The van der Waals surface area contributed by atoms with E-state index < -0.39 is 0 Å². The molecule has 1 aromatic carbocycles. The molecule has 48 valence electrons. The van der Waals surface area contributed by atoms with Gasteiger partial charge in [-0.3, -0.25) is 0 Å². The summed E-state index contributed by atoms with van der Waals surface area (Å²) in [5, 5.41) is 5.36. The molecule has 0 atom stereocenters. The van der Waals surface area contributed by atoms with Gasteiger partial charge in [0.1, 0.15) is 6.54 Å². The van der Waals surface area contributed by atoms with Crippen molar-refractivity contribution in [3.8, 4) is 0 Å². The van der Waals surface area contributed by atoms with Crippen LogP contribution < -0.4 is 15.8 Å². The van der Waals surface area contributed by atoms with Crippen LogP contribution in [0.15, 0.2) is 24.3 Å². The highest BCUT2D eigenvalue weighted by molar-refractivity contribution is 5.42. The van der Waals surface area contributed by atoms with Crippen LogP contribution in [0.2, 0.25) is 0 Å². The summed E-state index contributed by atoms with van der Waals surface area (Å²) >= 11 is 0. The standard InChI is InChI=1S/C9H7N/c1-2-4-9-7-10-6-5-8(9)3-1/h1-5,7,10H. The predicted octanol–water partition coefficient (Wildman–Crippen LogP) is -0.153. The molecule has 1 aromatic rings. The fourth-order valence-electron chi connectivity index (χ4n) is 1.01. The molecule has 0 unspecified atom stereocenters. The maximum absolute atomic E-state index is 2.91. The Bertz CT molecular complexity index is 303. The first-order chi connectivity index (χ1) is 4.97.